The van der Waals surface area contributed by atoms with Gasteiger partial charge in [-0.05, 0) is 30.2 Å². The average molecular weight is 420 g/mol. The van der Waals surface area contributed by atoms with Crippen LogP contribution in [0.3, 0.4) is 0 Å². The molecule has 1 aliphatic heterocycles. The van der Waals surface area contributed by atoms with Crippen molar-refractivity contribution in [3.8, 4) is 0 Å². The molecule has 160 valence electrons. The van der Waals surface area contributed by atoms with Crippen LogP contribution in [0.2, 0.25) is 0 Å². The molecule has 1 aliphatic rings. The normalized spacial score (nSPS) is 14.4. The summed E-state index contributed by atoms with van der Waals surface area (Å²) in [5, 5.41) is 6.31. The highest BCUT2D eigenvalue weighted by atomic mass is 16.5. The first-order valence-corrected chi connectivity index (χ1v) is 9.88. The first-order valence-electron chi connectivity index (χ1n) is 9.88. The van der Waals surface area contributed by atoms with Gasteiger partial charge in [0.25, 0.3) is 5.91 Å². The fraction of sp³-hybridized carbons (Fsp3) is 0.217. The average Bonchev–Trinajstić information content (AvgIpc) is 2.80. The molecule has 0 aromatic heterocycles. The van der Waals surface area contributed by atoms with Crippen LogP contribution in [0, 0.1) is 0 Å². The summed E-state index contributed by atoms with van der Waals surface area (Å²) in [6.45, 7) is 3.73. The van der Waals surface area contributed by atoms with E-state index in [1.165, 1.54) is 6.21 Å². The number of nitrogens with one attached hydrogen (secondary N) is 2. The Morgan fingerprint density at radius 1 is 0.968 bits per heavy atom. The highest BCUT2D eigenvalue weighted by Crippen LogP contribution is 2.18. The van der Waals surface area contributed by atoms with E-state index in [0.717, 1.165) is 11.1 Å². The summed E-state index contributed by atoms with van der Waals surface area (Å²) in [6.07, 6.45) is 3.34. The number of hydrazone groups is 1. The Balaban J connectivity index is 1.59. The molecule has 1 fully saturated rings. The van der Waals surface area contributed by atoms with Gasteiger partial charge >= 0.3 is 11.8 Å². The molecule has 1 saturated heterocycles. The summed E-state index contributed by atoms with van der Waals surface area (Å²) in [4.78, 5) is 38.8. The Hall–Kier alpha value is -3.78. The highest BCUT2D eigenvalue weighted by molar-refractivity contribution is 6.40. The van der Waals surface area contributed by atoms with Gasteiger partial charge in [0.15, 0.2) is 0 Å². The molecule has 0 saturated carbocycles. The predicted molar refractivity (Wildman–Crippen MR) is 119 cm³/mol. The van der Waals surface area contributed by atoms with Gasteiger partial charge in [0, 0.05) is 13.1 Å². The van der Waals surface area contributed by atoms with E-state index >= 15 is 0 Å². The molecule has 0 unspecified atom stereocenters. The summed E-state index contributed by atoms with van der Waals surface area (Å²) in [6, 6.07) is 16.2. The minimum Gasteiger partial charge on any atom is -0.378 e. The number of benzene rings is 2. The third-order valence-corrected chi connectivity index (χ3v) is 4.54. The number of carbonyl (C=O) groups excluding carboxylic acids is 3. The lowest BCUT2D eigenvalue weighted by Gasteiger charge is -2.27. The van der Waals surface area contributed by atoms with Crippen molar-refractivity contribution in [1.29, 1.82) is 0 Å². The smallest absolute Gasteiger partial charge is 0.329 e. The van der Waals surface area contributed by atoms with Crippen LogP contribution >= 0.6 is 0 Å². The van der Waals surface area contributed by atoms with Gasteiger partial charge in [-0.2, -0.15) is 5.10 Å². The second-order valence-electron chi connectivity index (χ2n) is 6.90. The van der Waals surface area contributed by atoms with Crippen molar-refractivity contribution in [2.24, 2.45) is 5.10 Å². The summed E-state index contributed by atoms with van der Waals surface area (Å²) < 4.78 is 5.27. The Bertz CT molecular complexity index is 996. The monoisotopic (exact) mass is 420 g/mol. The molecule has 8 heteroatoms. The Labute approximate surface area is 180 Å². The maximum atomic E-state index is 12.8. The van der Waals surface area contributed by atoms with E-state index in [2.05, 4.69) is 15.8 Å². The number of hydrogen-bond donors (Lipinski definition) is 2. The summed E-state index contributed by atoms with van der Waals surface area (Å²) in [5.74, 6) is -2.07. The lowest BCUT2D eigenvalue weighted by atomic mass is 10.1. The summed E-state index contributed by atoms with van der Waals surface area (Å²) in [7, 11) is 0. The molecule has 0 aliphatic carbocycles. The van der Waals surface area contributed by atoms with Crippen LogP contribution in [-0.4, -0.2) is 55.1 Å². The first kappa shape index (κ1) is 21.9. The number of nitrogens with zero attached hydrogens (tertiary/aromatic N) is 2. The topological polar surface area (TPSA) is 100 Å². The van der Waals surface area contributed by atoms with E-state index in [0.29, 0.717) is 31.9 Å². The van der Waals surface area contributed by atoms with Gasteiger partial charge in [-0.15, -0.1) is 0 Å². The van der Waals surface area contributed by atoms with Gasteiger partial charge in [0.1, 0.15) is 0 Å². The Kier molecular flexibility index (Phi) is 7.67. The zero-order valence-electron chi connectivity index (χ0n) is 17.2. The van der Waals surface area contributed by atoms with Gasteiger partial charge in [-0.3, -0.25) is 14.4 Å². The third kappa shape index (κ3) is 6.35. The molecular formula is C23H24N4O4. The third-order valence-electron chi connectivity index (χ3n) is 4.54. The molecular weight excluding hydrogens is 396 g/mol. The van der Waals surface area contributed by atoms with Gasteiger partial charge in [-0.25, -0.2) is 5.43 Å². The number of anilines is 1. The minimum atomic E-state index is -0.933. The lowest BCUT2D eigenvalue weighted by molar-refractivity contribution is -0.136. The molecule has 2 aromatic carbocycles. The van der Waals surface area contributed by atoms with E-state index < -0.39 is 11.8 Å². The number of ether oxygens (including phenoxy) is 1. The van der Waals surface area contributed by atoms with Crippen molar-refractivity contribution >= 4 is 35.7 Å². The molecule has 2 aromatic rings. The van der Waals surface area contributed by atoms with E-state index in [4.69, 9.17) is 4.74 Å². The van der Waals surface area contributed by atoms with E-state index in [-0.39, 0.29) is 11.6 Å². The fourth-order valence-electron chi connectivity index (χ4n) is 2.99. The van der Waals surface area contributed by atoms with Crippen molar-refractivity contribution in [3.05, 3.63) is 71.3 Å². The lowest BCUT2D eigenvalue weighted by Crippen LogP contribution is -2.41. The molecule has 0 atom stereocenters. The van der Waals surface area contributed by atoms with Crippen molar-refractivity contribution < 1.29 is 19.1 Å². The molecule has 3 rings (SSSR count). The molecule has 1 heterocycles. The zero-order chi connectivity index (χ0) is 22.1. The quantitative estimate of drug-likeness (QED) is 0.440. The maximum absolute atomic E-state index is 12.8. The van der Waals surface area contributed by atoms with Crippen LogP contribution in [0.25, 0.3) is 6.08 Å². The highest BCUT2D eigenvalue weighted by Gasteiger charge is 2.22. The first-order chi connectivity index (χ1) is 15.0. The zero-order valence-corrected chi connectivity index (χ0v) is 17.2. The maximum Gasteiger partial charge on any atom is 0.329 e. The standard InChI is InChI=1S/C23H24N4O4/c1-17(15-18-7-3-2-4-8-18)16-24-26-22(29)21(28)25-20-10-6-5-9-19(20)23(30)27-11-13-31-14-12-27/h2-10,15-16H,11-14H2,1H3,(H,25,28)(H,26,29)/b17-15-,24-16-. The molecule has 0 bridgehead atoms. The number of para-hydroxylation sites is 1. The van der Waals surface area contributed by atoms with Crippen LogP contribution in [0.5, 0.6) is 0 Å². The number of morpholine rings is 1. The predicted octanol–water partition coefficient (Wildman–Crippen LogP) is 2.30. The van der Waals surface area contributed by atoms with Gasteiger partial charge in [0.05, 0.1) is 30.7 Å². The van der Waals surface area contributed by atoms with Crippen molar-refractivity contribution in [2.75, 3.05) is 31.6 Å². The van der Waals surface area contributed by atoms with Gasteiger partial charge < -0.3 is 15.0 Å². The van der Waals surface area contributed by atoms with Crippen LogP contribution < -0.4 is 10.7 Å². The second-order valence-corrected chi connectivity index (χ2v) is 6.90. The van der Waals surface area contributed by atoms with E-state index in [1.807, 2.05) is 43.3 Å². The minimum absolute atomic E-state index is 0.223. The number of amides is 3. The van der Waals surface area contributed by atoms with E-state index in [9.17, 15) is 14.4 Å². The van der Waals surface area contributed by atoms with Crippen LogP contribution in [-0.2, 0) is 14.3 Å². The molecule has 8 nitrogen and oxygen atoms in total. The van der Waals surface area contributed by atoms with Crippen molar-refractivity contribution in [3.63, 3.8) is 0 Å². The van der Waals surface area contributed by atoms with E-state index in [1.54, 1.807) is 29.2 Å². The number of allylic oxidation sites excluding steroid dienone is 1. The van der Waals surface area contributed by atoms with Gasteiger partial charge in [0.2, 0.25) is 0 Å². The molecule has 0 radical (unpaired) electrons. The summed E-state index contributed by atoms with van der Waals surface area (Å²) in [5.41, 5.74) is 4.58. The molecule has 2 N–H and O–H groups in total. The Morgan fingerprint density at radius 2 is 1.65 bits per heavy atom. The largest absolute Gasteiger partial charge is 0.378 e. The van der Waals surface area contributed by atoms with Crippen molar-refractivity contribution in [2.45, 2.75) is 6.92 Å². The molecule has 31 heavy (non-hydrogen) atoms. The van der Waals surface area contributed by atoms with Crippen LogP contribution in [0.4, 0.5) is 5.69 Å². The second kappa shape index (κ2) is 10.8. The SMILES string of the molecule is CC(/C=N\NC(=O)C(=O)Nc1ccccc1C(=O)N1CCOCC1)=C/c1ccccc1. The molecule has 3 amide bonds. The number of hydrogen-bond acceptors (Lipinski definition) is 5. The van der Waals surface area contributed by atoms with Gasteiger partial charge in [-0.1, -0.05) is 48.5 Å². The van der Waals surface area contributed by atoms with Crippen LogP contribution in [0.1, 0.15) is 22.8 Å². The number of carbonyl (C=O) groups is 3. The van der Waals surface area contributed by atoms with Crippen LogP contribution in [0.15, 0.2) is 65.3 Å². The number of rotatable bonds is 5. The Morgan fingerprint density at radius 3 is 2.39 bits per heavy atom. The van der Waals surface area contributed by atoms with Crippen molar-refractivity contribution in [1.82, 2.24) is 10.3 Å². The summed E-state index contributed by atoms with van der Waals surface area (Å²) >= 11 is 0. The molecule has 0 spiro atoms. The fourth-order valence-corrected chi connectivity index (χ4v) is 2.99.